The number of hydrogen-bond donors (Lipinski definition) is 2. The monoisotopic (exact) mass is 790 g/mol. The number of nitrogens with one attached hydrogen (secondary N) is 1. The molecule has 2 aromatic carbocycles. The summed E-state index contributed by atoms with van der Waals surface area (Å²) in [4.78, 5) is 51.4. The number of pyridine rings is 1. The fourth-order valence-electron chi connectivity index (χ4n) is 8.16. The van der Waals surface area contributed by atoms with E-state index in [1.807, 2.05) is 46.3 Å². The minimum atomic E-state index is -0.869. The van der Waals surface area contributed by atoms with E-state index in [2.05, 4.69) is 30.7 Å². The molecule has 0 saturated carbocycles. The normalized spacial score (nSPS) is 20.3. The number of aliphatic carboxylic acids is 1. The van der Waals surface area contributed by atoms with Gasteiger partial charge in [-0.05, 0) is 90.2 Å². The van der Waals surface area contributed by atoms with Crippen molar-refractivity contribution in [3.8, 4) is 11.4 Å². The summed E-state index contributed by atoms with van der Waals surface area (Å²) in [6.07, 6.45) is 7.91. The highest BCUT2D eigenvalue weighted by atomic mass is 35.5. The van der Waals surface area contributed by atoms with E-state index >= 15 is 0 Å². The number of nitrogens with zero attached hydrogens (tertiary/aromatic N) is 9. The SMILES string of the molecule is COc1ccc(-n2cnnn2)cc1C(=O)N1CCC(CCN2CCC(NC(=O)N3CCN(CC(=O)O)CC3)(c3cccnc3)CC2)(c2ccc(Cl)c(Cl)c2)C1. The Bertz CT molecular complexity index is 1990. The Labute approximate surface area is 329 Å². The summed E-state index contributed by atoms with van der Waals surface area (Å²) in [7, 11) is 1.55. The molecule has 0 bridgehead atoms. The summed E-state index contributed by atoms with van der Waals surface area (Å²) in [6, 6.07) is 14.8. The first-order valence-electron chi connectivity index (χ1n) is 18.4. The minimum absolute atomic E-state index is 0.0306. The Morgan fingerprint density at radius 1 is 0.891 bits per heavy atom. The van der Waals surface area contributed by atoms with Crippen molar-refractivity contribution < 1.29 is 24.2 Å². The molecule has 2 N–H and O–H groups in total. The number of carbonyl (C=O) groups excluding carboxylic acids is 2. The first-order chi connectivity index (χ1) is 26.6. The topological polar surface area (TPSA) is 162 Å². The van der Waals surface area contributed by atoms with Crippen LogP contribution < -0.4 is 10.1 Å². The van der Waals surface area contributed by atoms with Gasteiger partial charge in [-0.25, -0.2) is 9.48 Å². The second kappa shape index (κ2) is 16.5. The van der Waals surface area contributed by atoms with Gasteiger partial charge in [0.15, 0.2) is 0 Å². The van der Waals surface area contributed by atoms with E-state index in [1.54, 1.807) is 36.4 Å². The largest absolute Gasteiger partial charge is 0.496 e. The number of carboxylic acids is 1. The van der Waals surface area contributed by atoms with E-state index < -0.39 is 11.5 Å². The summed E-state index contributed by atoms with van der Waals surface area (Å²) in [5, 5.41) is 24.9. The van der Waals surface area contributed by atoms with E-state index in [0.29, 0.717) is 79.2 Å². The quantitative estimate of drug-likeness (QED) is 0.226. The molecule has 0 spiro atoms. The van der Waals surface area contributed by atoms with Gasteiger partial charge in [0.25, 0.3) is 5.91 Å². The van der Waals surface area contributed by atoms with Crippen LogP contribution in [0.25, 0.3) is 5.69 Å². The number of methoxy groups -OCH3 is 1. The van der Waals surface area contributed by atoms with Crippen molar-refractivity contribution in [2.45, 2.75) is 36.6 Å². The van der Waals surface area contributed by atoms with Crippen molar-refractivity contribution >= 4 is 41.1 Å². The summed E-state index contributed by atoms with van der Waals surface area (Å²) in [6.45, 7) is 5.18. The van der Waals surface area contributed by atoms with E-state index in [4.69, 9.17) is 27.9 Å². The van der Waals surface area contributed by atoms with Gasteiger partial charge in [0.05, 0.1) is 40.5 Å². The molecule has 0 radical (unpaired) electrons. The number of ether oxygens (including phenoxy) is 1. The summed E-state index contributed by atoms with van der Waals surface area (Å²) in [5.74, 6) is -0.551. The first kappa shape index (κ1) is 38.4. The van der Waals surface area contributed by atoms with Crippen molar-refractivity contribution in [2.24, 2.45) is 0 Å². The lowest BCUT2D eigenvalue weighted by atomic mass is 9.76. The predicted molar refractivity (Wildman–Crippen MR) is 205 cm³/mol. The fourth-order valence-corrected chi connectivity index (χ4v) is 8.46. The Hall–Kier alpha value is -4.83. The van der Waals surface area contributed by atoms with Gasteiger partial charge in [-0.1, -0.05) is 35.3 Å². The molecule has 3 aliphatic rings. The highest BCUT2D eigenvalue weighted by molar-refractivity contribution is 6.42. The van der Waals surface area contributed by atoms with Gasteiger partial charge in [-0.2, -0.15) is 0 Å². The standard InChI is InChI=1S/C38H44Cl2N10O5/c1-55-33-7-5-29(50-26-42-44-45-50)22-30(33)35(53)49-16-9-37(25-49,27-4-6-31(39)32(40)21-27)8-13-46-14-10-38(11-15-46,28-3-2-12-41-23-28)43-36(54)48-19-17-47(18-20-48)24-34(51)52/h2-7,12,21-23,26H,8-11,13-20,24-25H2,1H3,(H,43,54)(H,51,52). The van der Waals surface area contributed by atoms with Gasteiger partial charge < -0.3 is 29.9 Å². The molecular weight excluding hydrogens is 747 g/mol. The zero-order chi connectivity index (χ0) is 38.6. The highest BCUT2D eigenvalue weighted by Crippen LogP contribution is 2.42. The molecule has 5 heterocycles. The van der Waals surface area contributed by atoms with Gasteiger partial charge in [-0.15, -0.1) is 5.10 Å². The van der Waals surface area contributed by atoms with Crippen LogP contribution in [0.4, 0.5) is 4.79 Å². The first-order valence-corrected chi connectivity index (χ1v) is 19.1. The molecule has 3 amide bonds. The van der Waals surface area contributed by atoms with Crippen LogP contribution in [-0.2, 0) is 15.7 Å². The number of amides is 3. The number of hydrogen-bond acceptors (Lipinski definition) is 10. The maximum absolute atomic E-state index is 14.2. The average molecular weight is 792 g/mol. The Kier molecular flexibility index (Phi) is 11.5. The van der Waals surface area contributed by atoms with Gasteiger partial charge >= 0.3 is 12.0 Å². The summed E-state index contributed by atoms with van der Waals surface area (Å²) < 4.78 is 7.11. The zero-order valence-corrected chi connectivity index (χ0v) is 32.1. The van der Waals surface area contributed by atoms with E-state index in [1.165, 1.54) is 11.0 Å². The number of rotatable bonds is 11. The number of halogens is 2. The van der Waals surface area contributed by atoms with Gasteiger partial charge in [-0.3, -0.25) is 19.5 Å². The molecule has 15 nitrogen and oxygen atoms in total. The zero-order valence-electron chi connectivity index (χ0n) is 30.6. The number of benzene rings is 2. The third-order valence-corrected chi connectivity index (χ3v) is 12.1. The predicted octanol–water partition coefficient (Wildman–Crippen LogP) is 3.95. The second-order valence-electron chi connectivity index (χ2n) is 14.5. The van der Waals surface area contributed by atoms with Crippen LogP contribution in [0.1, 0.15) is 47.2 Å². The summed E-state index contributed by atoms with van der Waals surface area (Å²) >= 11 is 13.0. The smallest absolute Gasteiger partial charge is 0.318 e. The van der Waals surface area contributed by atoms with Gasteiger partial charge in [0, 0.05) is 70.2 Å². The molecule has 3 aliphatic heterocycles. The third-order valence-electron chi connectivity index (χ3n) is 11.4. The van der Waals surface area contributed by atoms with Crippen molar-refractivity contribution in [3.05, 3.63) is 94.0 Å². The van der Waals surface area contributed by atoms with Crippen LogP contribution in [0.2, 0.25) is 10.0 Å². The van der Waals surface area contributed by atoms with E-state index in [0.717, 1.165) is 43.6 Å². The average Bonchev–Trinajstić information content (AvgIpc) is 3.91. The van der Waals surface area contributed by atoms with Crippen LogP contribution in [0.5, 0.6) is 5.75 Å². The lowest BCUT2D eigenvalue weighted by molar-refractivity contribution is -0.138. The van der Waals surface area contributed by atoms with Crippen LogP contribution >= 0.6 is 23.2 Å². The molecule has 7 rings (SSSR count). The Morgan fingerprint density at radius 2 is 1.69 bits per heavy atom. The number of piperidine rings is 1. The molecule has 3 saturated heterocycles. The van der Waals surface area contributed by atoms with Crippen LogP contribution in [0.15, 0.2) is 67.3 Å². The number of urea groups is 1. The number of piperazine rings is 1. The molecule has 17 heteroatoms. The lowest BCUT2D eigenvalue weighted by Gasteiger charge is -2.45. The molecule has 3 fully saturated rings. The lowest BCUT2D eigenvalue weighted by Crippen LogP contribution is -2.59. The number of aromatic nitrogens is 5. The molecule has 1 unspecified atom stereocenters. The fraction of sp³-hybridized carbons (Fsp3) is 0.447. The van der Waals surface area contributed by atoms with Crippen molar-refractivity contribution in [1.29, 1.82) is 0 Å². The second-order valence-corrected chi connectivity index (χ2v) is 15.3. The molecule has 2 aromatic heterocycles. The van der Waals surface area contributed by atoms with Crippen LogP contribution in [0.3, 0.4) is 0 Å². The molecule has 4 aromatic rings. The minimum Gasteiger partial charge on any atom is -0.496 e. The Morgan fingerprint density at radius 3 is 2.36 bits per heavy atom. The number of carbonyl (C=O) groups is 3. The highest BCUT2D eigenvalue weighted by Gasteiger charge is 2.44. The maximum atomic E-state index is 14.2. The van der Waals surface area contributed by atoms with Gasteiger partial charge in [0.1, 0.15) is 12.1 Å². The van der Waals surface area contributed by atoms with Gasteiger partial charge in [0.2, 0.25) is 0 Å². The number of tetrazole rings is 1. The maximum Gasteiger partial charge on any atom is 0.318 e. The Balaban J connectivity index is 1.06. The third kappa shape index (κ3) is 8.39. The molecular formula is C38H44Cl2N10O5. The van der Waals surface area contributed by atoms with Crippen LogP contribution in [-0.4, -0.2) is 140 Å². The summed E-state index contributed by atoms with van der Waals surface area (Å²) in [5.41, 5.74) is 2.07. The van der Waals surface area contributed by atoms with E-state index in [9.17, 15) is 19.5 Å². The molecule has 1 atom stereocenters. The number of likely N-dealkylation sites (tertiary alicyclic amines) is 2. The molecule has 290 valence electrons. The van der Waals surface area contributed by atoms with E-state index in [-0.39, 0.29) is 23.9 Å². The van der Waals surface area contributed by atoms with Crippen LogP contribution in [0, 0.1) is 0 Å². The van der Waals surface area contributed by atoms with Crippen molar-refractivity contribution in [3.63, 3.8) is 0 Å². The van der Waals surface area contributed by atoms with Crippen molar-refractivity contribution in [1.82, 2.24) is 50.1 Å². The number of carboxylic acid groups (broad SMARTS) is 1. The van der Waals surface area contributed by atoms with Crippen molar-refractivity contribution in [2.75, 3.05) is 72.6 Å². The molecule has 0 aliphatic carbocycles. The molecule has 55 heavy (non-hydrogen) atoms.